The van der Waals surface area contributed by atoms with Gasteiger partial charge in [-0.1, -0.05) is 84.4 Å². The number of benzene rings is 3. The number of thiophene rings is 1. The molecule has 0 aliphatic heterocycles. The Balaban J connectivity index is 1.71. The van der Waals surface area contributed by atoms with Gasteiger partial charge in [0.2, 0.25) is 11.8 Å². The standard InChI is InChI=1S/C28H26N2O2S/c1-21-14-16-23(17-15-21)27(28(32)29-20-22-9-4-2-5-10-22)30(24-11-6-3-7-12-24)26(31)19-25-13-8-18-33-25/h2-18,27H,19-20H2,1H3,(H,29,32)/t27-/m0/s1. The van der Waals surface area contributed by atoms with E-state index in [-0.39, 0.29) is 18.2 Å². The molecule has 1 N–H and O–H groups in total. The number of rotatable bonds is 8. The normalized spacial score (nSPS) is 11.5. The minimum absolute atomic E-state index is 0.121. The molecule has 0 fully saturated rings. The molecule has 3 aromatic carbocycles. The molecule has 2 amide bonds. The van der Waals surface area contributed by atoms with E-state index in [2.05, 4.69) is 5.32 Å². The van der Waals surface area contributed by atoms with Crippen molar-refractivity contribution in [3.63, 3.8) is 0 Å². The largest absolute Gasteiger partial charge is 0.350 e. The Morgan fingerprint density at radius 2 is 1.52 bits per heavy atom. The van der Waals surface area contributed by atoms with E-state index in [1.807, 2.05) is 109 Å². The number of amides is 2. The summed E-state index contributed by atoms with van der Waals surface area (Å²) < 4.78 is 0. The molecule has 0 radical (unpaired) electrons. The van der Waals surface area contributed by atoms with Crippen molar-refractivity contribution in [3.8, 4) is 0 Å². The topological polar surface area (TPSA) is 49.4 Å². The van der Waals surface area contributed by atoms with Crippen LogP contribution in [-0.4, -0.2) is 11.8 Å². The summed E-state index contributed by atoms with van der Waals surface area (Å²) in [5.74, 6) is -0.338. The van der Waals surface area contributed by atoms with Gasteiger partial charge in [-0.25, -0.2) is 0 Å². The fourth-order valence-electron chi connectivity index (χ4n) is 3.72. The second-order valence-corrected chi connectivity index (χ2v) is 8.90. The highest BCUT2D eigenvalue weighted by molar-refractivity contribution is 7.10. The van der Waals surface area contributed by atoms with E-state index in [9.17, 15) is 9.59 Å². The molecule has 1 atom stereocenters. The van der Waals surface area contributed by atoms with Gasteiger partial charge in [-0.05, 0) is 41.6 Å². The van der Waals surface area contributed by atoms with Crippen LogP contribution < -0.4 is 10.2 Å². The molecule has 0 spiro atoms. The predicted molar refractivity (Wildman–Crippen MR) is 134 cm³/mol. The highest BCUT2D eigenvalue weighted by atomic mass is 32.1. The van der Waals surface area contributed by atoms with Crippen LogP contribution in [0, 0.1) is 6.92 Å². The molecule has 0 bridgehead atoms. The molecular weight excluding hydrogens is 428 g/mol. The summed E-state index contributed by atoms with van der Waals surface area (Å²) in [5.41, 5.74) is 3.57. The fourth-order valence-corrected chi connectivity index (χ4v) is 4.42. The number of hydrogen-bond acceptors (Lipinski definition) is 3. The van der Waals surface area contributed by atoms with Crippen molar-refractivity contribution >= 4 is 28.8 Å². The van der Waals surface area contributed by atoms with Gasteiger partial charge in [0.25, 0.3) is 0 Å². The van der Waals surface area contributed by atoms with E-state index in [1.165, 1.54) is 0 Å². The number of hydrogen-bond donors (Lipinski definition) is 1. The highest BCUT2D eigenvalue weighted by Crippen LogP contribution is 2.29. The molecular formula is C28H26N2O2S. The Bertz CT molecular complexity index is 1170. The zero-order valence-electron chi connectivity index (χ0n) is 18.5. The summed E-state index contributed by atoms with van der Waals surface area (Å²) in [7, 11) is 0. The molecule has 0 aliphatic rings. The maximum absolute atomic E-state index is 13.6. The number of nitrogens with one attached hydrogen (secondary N) is 1. The second kappa shape index (κ2) is 10.7. The summed E-state index contributed by atoms with van der Waals surface area (Å²) >= 11 is 1.54. The van der Waals surface area contributed by atoms with E-state index >= 15 is 0 Å². The number of carbonyl (C=O) groups excluding carboxylic acids is 2. The average molecular weight is 455 g/mol. The van der Waals surface area contributed by atoms with Gasteiger partial charge in [0, 0.05) is 17.1 Å². The smallest absolute Gasteiger partial charge is 0.248 e. The van der Waals surface area contributed by atoms with Crippen molar-refractivity contribution < 1.29 is 9.59 Å². The number of para-hydroxylation sites is 1. The van der Waals surface area contributed by atoms with Crippen LogP contribution in [0.2, 0.25) is 0 Å². The van der Waals surface area contributed by atoms with E-state index in [0.717, 1.165) is 21.6 Å². The van der Waals surface area contributed by atoms with Gasteiger partial charge in [-0.15, -0.1) is 11.3 Å². The van der Waals surface area contributed by atoms with Gasteiger partial charge in [0.1, 0.15) is 6.04 Å². The van der Waals surface area contributed by atoms with Crippen molar-refractivity contribution in [2.75, 3.05) is 4.90 Å². The number of anilines is 1. The van der Waals surface area contributed by atoms with Crippen molar-refractivity contribution in [2.45, 2.75) is 25.9 Å². The third-order valence-electron chi connectivity index (χ3n) is 5.42. The lowest BCUT2D eigenvalue weighted by molar-refractivity contribution is -0.126. The molecule has 0 aliphatic carbocycles. The van der Waals surface area contributed by atoms with Crippen molar-refractivity contribution in [1.29, 1.82) is 0 Å². The van der Waals surface area contributed by atoms with Crippen LogP contribution in [0.1, 0.15) is 27.6 Å². The monoisotopic (exact) mass is 454 g/mol. The zero-order valence-corrected chi connectivity index (χ0v) is 19.3. The van der Waals surface area contributed by atoms with Gasteiger partial charge >= 0.3 is 0 Å². The van der Waals surface area contributed by atoms with Crippen LogP contribution in [0.3, 0.4) is 0 Å². The van der Waals surface area contributed by atoms with Crippen LogP contribution >= 0.6 is 11.3 Å². The van der Waals surface area contributed by atoms with Crippen LogP contribution in [0.4, 0.5) is 5.69 Å². The van der Waals surface area contributed by atoms with E-state index in [4.69, 9.17) is 0 Å². The van der Waals surface area contributed by atoms with Crippen LogP contribution in [0.5, 0.6) is 0 Å². The lowest BCUT2D eigenvalue weighted by Crippen LogP contribution is -2.44. The molecule has 5 heteroatoms. The molecule has 0 saturated carbocycles. The SMILES string of the molecule is Cc1ccc([C@@H](C(=O)NCc2ccccc2)N(C(=O)Cc2cccs2)c2ccccc2)cc1. The Kier molecular flexibility index (Phi) is 7.33. The Morgan fingerprint density at radius 3 is 2.15 bits per heavy atom. The number of aryl methyl sites for hydroxylation is 1. The third-order valence-corrected chi connectivity index (χ3v) is 6.29. The first-order valence-electron chi connectivity index (χ1n) is 10.9. The summed E-state index contributed by atoms with van der Waals surface area (Å²) in [4.78, 5) is 29.8. The maximum Gasteiger partial charge on any atom is 0.248 e. The van der Waals surface area contributed by atoms with Crippen LogP contribution in [-0.2, 0) is 22.6 Å². The molecule has 0 unspecified atom stereocenters. The van der Waals surface area contributed by atoms with Gasteiger partial charge in [-0.2, -0.15) is 0 Å². The summed E-state index contributed by atoms with van der Waals surface area (Å²) in [6.45, 7) is 2.40. The van der Waals surface area contributed by atoms with E-state index in [0.29, 0.717) is 12.2 Å². The Labute approximate surface area is 198 Å². The van der Waals surface area contributed by atoms with E-state index < -0.39 is 6.04 Å². The first kappa shape index (κ1) is 22.5. The Hall–Kier alpha value is -3.70. The van der Waals surface area contributed by atoms with Crippen LogP contribution in [0.25, 0.3) is 0 Å². The van der Waals surface area contributed by atoms with Gasteiger partial charge in [-0.3, -0.25) is 14.5 Å². The van der Waals surface area contributed by atoms with Crippen molar-refractivity contribution in [2.24, 2.45) is 0 Å². The average Bonchev–Trinajstić information content (AvgIpc) is 3.36. The predicted octanol–water partition coefficient (Wildman–Crippen LogP) is 5.69. The van der Waals surface area contributed by atoms with E-state index in [1.54, 1.807) is 16.2 Å². The first-order valence-corrected chi connectivity index (χ1v) is 11.8. The summed E-state index contributed by atoms with van der Waals surface area (Å²) in [5, 5.41) is 5.00. The van der Waals surface area contributed by atoms with Crippen LogP contribution in [0.15, 0.2) is 102 Å². The van der Waals surface area contributed by atoms with Gasteiger partial charge < -0.3 is 5.32 Å². The molecule has 166 valence electrons. The second-order valence-electron chi connectivity index (χ2n) is 7.87. The number of nitrogens with zero attached hydrogens (tertiary/aromatic N) is 1. The lowest BCUT2D eigenvalue weighted by atomic mass is 10.0. The lowest BCUT2D eigenvalue weighted by Gasteiger charge is -2.31. The quantitative estimate of drug-likeness (QED) is 0.372. The highest BCUT2D eigenvalue weighted by Gasteiger charge is 2.32. The summed E-state index contributed by atoms with van der Waals surface area (Å²) in [6, 6.07) is 30.1. The fraction of sp³-hybridized carbons (Fsp3) is 0.143. The molecule has 0 saturated heterocycles. The number of carbonyl (C=O) groups is 2. The molecule has 4 rings (SSSR count). The minimum atomic E-state index is -0.788. The zero-order chi connectivity index (χ0) is 23.0. The Morgan fingerprint density at radius 1 is 0.848 bits per heavy atom. The summed E-state index contributed by atoms with van der Waals surface area (Å²) in [6.07, 6.45) is 0.237. The molecule has 4 nitrogen and oxygen atoms in total. The third kappa shape index (κ3) is 5.76. The van der Waals surface area contributed by atoms with Gasteiger partial charge in [0.15, 0.2) is 0 Å². The molecule has 4 aromatic rings. The molecule has 33 heavy (non-hydrogen) atoms. The maximum atomic E-state index is 13.6. The van der Waals surface area contributed by atoms with Crippen molar-refractivity contribution in [3.05, 3.63) is 124 Å². The minimum Gasteiger partial charge on any atom is -0.350 e. The molecule has 1 aromatic heterocycles. The first-order chi connectivity index (χ1) is 16.1. The molecule has 1 heterocycles. The van der Waals surface area contributed by atoms with Gasteiger partial charge in [0.05, 0.1) is 6.42 Å². The van der Waals surface area contributed by atoms with Crippen molar-refractivity contribution in [1.82, 2.24) is 5.32 Å².